The van der Waals surface area contributed by atoms with Gasteiger partial charge >= 0.3 is 0 Å². The van der Waals surface area contributed by atoms with Crippen molar-refractivity contribution in [3.05, 3.63) is 180 Å². The Morgan fingerprint density at radius 2 is 0.941 bits per heavy atom. The van der Waals surface area contributed by atoms with E-state index < -0.39 is 0 Å². The predicted octanol–water partition coefficient (Wildman–Crippen LogP) is 12.5. The Kier molecular flexibility index (Phi) is 5.83. The highest BCUT2D eigenvalue weighted by atomic mass is 15.0. The van der Waals surface area contributed by atoms with Crippen molar-refractivity contribution in [1.82, 2.24) is 9.13 Å². The van der Waals surface area contributed by atoms with Gasteiger partial charge in [-0.05, 0) is 106 Å². The van der Waals surface area contributed by atoms with E-state index in [9.17, 15) is 0 Å². The summed E-state index contributed by atoms with van der Waals surface area (Å²) in [5.74, 6) is 7.16. The van der Waals surface area contributed by atoms with Crippen LogP contribution >= 0.6 is 0 Å². The van der Waals surface area contributed by atoms with E-state index in [1.54, 1.807) is 0 Å². The first-order valence-corrected chi connectivity index (χ1v) is 17.5. The van der Waals surface area contributed by atoms with Gasteiger partial charge in [0.15, 0.2) is 0 Å². The highest BCUT2D eigenvalue weighted by Crippen LogP contribution is 2.38. The Morgan fingerprint density at radius 3 is 1.69 bits per heavy atom. The third-order valence-corrected chi connectivity index (χ3v) is 10.7. The summed E-state index contributed by atoms with van der Waals surface area (Å²) < 4.78 is 4.79. The van der Waals surface area contributed by atoms with E-state index in [1.165, 1.54) is 81.5 Å². The van der Waals surface area contributed by atoms with Gasteiger partial charge in [-0.15, -0.1) is 0 Å². The minimum absolute atomic E-state index is 0.999. The number of hydrogen-bond acceptors (Lipinski definition) is 0. The summed E-state index contributed by atoms with van der Waals surface area (Å²) in [4.78, 5) is 0. The van der Waals surface area contributed by atoms with Gasteiger partial charge in [-0.2, -0.15) is 0 Å². The Bertz CT molecular complexity index is 3180. The first-order valence-electron chi connectivity index (χ1n) is 17.5. The van der Waals surface area contributed by atoms with Gasteiger partial charge in [0.25, 0.3) is 0 Å². The molecule has 0 unspecified atom stereocenters. The molecule has 2 aromatic heterocycles. The Labute approximate surface area is 294 Å². The number of nitrogens with zero attached hydrogens (tertiary/aromatic N) is 2. The van der Waals surface area contributed by atoms with Gasteiger partial charge in [-0.1, -0.05) is 114 Å². The molecule has 0 aliphatic rings. The lowest BCUT2D eigenvalue weighted by Gasteiger charge is -2.11. The molecule has 2 nitrogen and oxygen atoms in total. The molecular weight excluding hydrogens is 617 g/mol. The van der Waals surface area contributed by atoms with Gasteiger partial charge in [-0.3, -0.25) is 0 Å². The SMILES string of the molecule is Cc1ccc(-n2c3ccc(C#Cc4ccc5ccc6cccc7ccc4c5c67)cc3c3cc(-n4c5ccccc5c5ccccc54)ccc32)cc1. The molecule has 51 heavy (non-hydrogen) atoms. The van der Waals surface area contributed by atoms with E-state index in [4.69, 9.17) is 0 Å². The third kappa shape index (κ3) is 4.13. The maximum atomic E-state index is 3.59. The Hall–Kier alpha value is -6.82. The van der Waals surface area contributed by atoms with Crippen molar-refractivity contribution in [3.63, 3.8) is 0 Å². The molecular formula is C49H30N2. The lowest BCUT2D eigenvalue weighted by molar-refractivity contribution is 1.16. The van der Waals surface area contributed by atoms with E-state index in [0.717, 1.165) is 22.5 Å². The van der Waals surface area contributed by atoms with Gasteiger partial charge in [-0.25, -0.2) is 0 Å². The molecule has 2 heteroatoms. The quantitative estimate of drug-likeness (QED) is 0.131. The van der Waals surface area contributed by atoms with Gasteiger partial charge < -0.3 is 9.13 Å². The molecule has 11 aromatic rings. The van der Waals surface area contributed by atoms with Crippen molar-refractivity contribution >= 4 is 75.9 Å². The minimum atomic E-state index is 0.999. The van der Waals surface area contributed by atoms with Gasteiger partial charge in [0.1, 0.15) is 0 Å². The Morgan fingerprint density at radius 1 is 0.373 bits per heavy atom. The number of benzene rings is 9. The standard InChI is InChI=1S/C49H30N2/c1-31-13-23-37(24-14-31)50-46-27-16-32(15-17-33-18-19-36-21-20-34-7-6-8-35-22-26-39(33)49(36)48(34)35)29-42(46)43-30-38(25-28-47(43)50)51-44-11-4-2-9-40(44)41-10-3-5-12-45(41)51/h2-14,16,18-30H,1H3. The average molecular weight is 647 g/mol. The molecule has 0 aliphatic heterocycles. The molecule has 0 spiro atoms. The van der Waals surface area contributed by atoms with Crippen molar-refractivity contribution < 1.29 is 0 Å². The molecule has 0 saturated heterocycles. The molecule has 0 amide bonds. The fourth-order valence-electron chi connectivity index (χ4n) is 8.38. The molecule has 9 aromatic carbocycles. The fraction of sp³-hybridized carbons (Fsp3) is 0.0204. The Balaban J connectivity index is 1.13. The number of fused-ring (bicyclic) bond motifs is 6. The monoisotopic (exact) mass is 646 g/mol. The molecule has 0 fully saturated rings. The van der Waals surface area contributed by atoms with Crippen molar-refractivity contribution in [2.24, 2.45) is 0 Å². The van der Waals surface area contributed by atoms with Crippen LogP contribution in [0.15, 0.2) is 164 Å². The van der Waals surface area contributed by atoms with Crippen LogP contribution in [0, 0.1) is 18.8 Å². The number of hydrogen-bond donors (Lipinski definition) is 0. The third-order valence-electron chi connectivity index (χ3n) is 10.7. The summed E-state index contributed by atoms with van der Waals surface area (Å²) in [6.45, 7) is 2.14. The average Bonchev–Trinajstić information content (AvgIpc) is 3.69. The topological polar surface area (TPSA) is 9.86 Å². The molecule has 0 saturated carbocycles. The second-order valence-corrected chi connectivity index (χ2v) is 13.7. The van der Waals surface area contributed by atoms with Crippen molar-refractivity contribution in [2.45, 2.75) is 6.92 Å². The minimum Gasteiger partial charge on any atom is -0.309 e. The predicted molar refractivity (Wildman–Crippen MR) is 216 cm³/mol. The van der Waals surface area contributed by atoms with Gasteiger partial charge in [0, 0.05) is 44.0 Å². The summed E-state index contributed by atoms with van der Waals surface area (Å²) in [6.07, 6.45) is 0. The molecule has 0 bridgehead atoms. The molecule has 0 atom stereocenters. The highest BCUT2D eigenvalue weighted by molar-refractivity contribution is 6.24. The smallest absolute Gasteiger partial charge is 0.0542 e. The lowest BCUT2D eigenvalue weighted by Crippen LogP contribution is -1.95. The number of aromatic nitrogens is 2. The van der Waals surface area contributed by atoms with Crippen LogP contribution in [0.25, 0.3) is 87.3 Å². The first kappa shape index (κ1) is 28.1. The molecule has 236 valence electrons. The van der Waals surface area contributed by atoms with Crippen molar-refractivity contribution in [3.8, 4) is 23.2 Å². The zero-order chi connectivity index (χ0) is 33.6. The van der Waals surface area contributed by atoms with Crippen molar-refractivity contribution in [1.29, 1.82) is 0 Å². The maximum absolute atomic E-state index is 3.59. The van der Waals surface area contributed by atoms with Crippen LogP contribution in [-0.4, -0.2) is 9.13 Å². The van der Waals surface area contributed by atoms with Crippen LogP contribution in [0.1, 0.15) is 16.7 Å². The van der Waals surface area contributed by atoms with Crippen LogP contribution in [0.3, 0.4) is 0 Å². The van der Waals surface area contributed by atoms with Gasteiger partial charge in [0.05, 0.1) is 22.1 Å². The zero-order valence-corrected chi connectivity index (χ0v) is 28.0. The zero-order valence-electron chi connectivity index (χ0n) is 28.0. The molecule has 11 rings (SSSR count). The molecule has 0 N–H and O–H groups in total. The van der Waals surface area contributed by atoms with Crippen LogP contribution in [-0.2, 0) is 0 Å². The highest BCUT2D eigenvalue weighted by Gasteiger charge is 2.17. The van der Waals surface area contributed by atoms with Gasteiger partial charge in [0.2, 0.25) is 0 Å². The summed E-state index contributed by atoms with van der Waals surface area (Å²) in [7, 11) is 0. The van der Waals surface area contributed by atoms with E-state index in [1.807, 2.05) is 0 Å². The van der Waals surface area contributed by atoms with Crippen molar-refractivity contribution in [2.75, 3.05) is 0 Å². The fourth-order valence-corrected chi connectivity index (χ4v) is 8.38. The second kappa shape index (κ2) is 10.6. The van der Waals surface area contributed by atoms with Crippen LogP contribution in [0.2, 0.25) is 0 Å². The number of aryl methyl sites for hydroxylation is 1. The molecule has 0 radical (unpaired) electrons. The largest absolute Gasteiger partial charge is 0.309 e. The molecule has 2 heterocycles. The summed E-state index contributed by atoms with van der Waals surface area (Å²) in [6, 6.07) is 59.7. The van der Waals surface area contributed by atoms with E-state index in [-0.39, 0.29) is 0 Å². The van der Waals surface area contributed by atoms with E-state index in [0.29, 0.717) is 0 Å². The second-order valence-electron chi connectivity index (χ2n) is 13.7. The summed E-state index contributed by atoms with van der Waals surface area (Å²) in [5.41, 5.74) is 10.4. The van der Waals surface area contributed by atoms with Crippen LogP contribution in [0.5, 0.6) is 0 Å². The number of rotatable bonds is 2. The molecule has 0 aliphatic carbocycles. The van der Waals surface area contributed by atoms with Crippen LogP contribution < -0.4 is 0 Å². The van der Waals surface area contributed by atoms with E-state index in [2.05, 4.69) is 192 Å². The normalized spacial score (nSPS) is 11.9. The maximum Gasteiger partial charge on any atom is 0.0542 e. The van der Waals surface area contributed by atoms with Crippen LogP contribution in [0.4, 0.5) is 0 Å². The lowest BCUT2D eigenvalue weighted by atomic mass is 9.92. The summed E-state index contributed by atoms with van der Waals surface area (Å²) in [5, 5.41) is 12.5. The van der Waals surface area contributed by atoms with E-state index >= 15 is 0 Å². The first-order chi connectivity index (χ1) is 25.2. The summed E-state index contributed by atoms with van der Waals surface area (Å²) >= 11 is 0. The number of para-hydroxylation sites is 2.